The fourth-order valence-electron chi connectivity index (χ4n) is 5.19. The number of fused-ring (bicyclic) bond motifs is 1. The summed E-state index contributed by atoms with van der Waals surface area (Å²) >= 11 is 8.55. The number of rotatable bonds is 12. The number of benzene rings is 1. The van der Waals surface area contributed by atoms with Gasteiger partial charge in [-0.3, -0.25) is 19.3 Å². The normalized spacial score (nSPS) is 17.5. The lowest BCUT2D eigenvalue weighted by atomic mass is 9.89. The molecular weight excluding hydrogens is 728 g/mol. The molecule has 2 atom stereocenters. The molecule has 51 heavy (non-hydrogen) atoms. The third-order valence-corrected chi connectivity index (χ3v) is 10.3. The van der Waals surface area contributed by atoms with Crippen LogP contribution in [-0.4, -0.2) is 91.8 Å². The number of nitrogen functional groups attached to an aromatic ring is 1. The number of oxime groups is 1. The van der Waals surface area contributed by atoms with E-state index in [4.69, 9.17) is 22.2 Å². The molecule has 7 N–H and O–H groups in total. The number of ketones is 1. The van der Waals surface area contributed by atoms with Crippen LogP contribution >= 0.6 is 34.7 Å². The Hall–Kier alpha value is -5.60. The Balaban J connectivity index is 1.22. The second-order valence-electron chi connectivity index (χ2n) is 11.8. The first kappa shape index (κ1) is 35.2. The van der Waals surface area contributed by atoms with Gasteiger partial charge in [-0.15, -0.1) is 33.3 Å². The average molecular weight is 756 g/mol. The quantitative estimate of drug-likeness (QED) is 0.0397. The van der Waals surface area contributed by atoms with Crippen LogP contribution in [0.5, 0.6) is 11.5 Å². The number of halogens is 1. The molecule has 0 spiro atoms. The van der Waals surface area contributed by atoms with Gasteiger partial charge in [0, 0.05) is 29.2 Å². The van der Waals surface area contributed by atoms with E-state index in [0.717, 1.165) is 23.0 Å². The Bertz CT molecular complexity index is 2120. The number of hydrogen-bond donors (Lipinski definition) is 6. The topological polar surface area (TPSA) is 263 Å². The number of carboxylic acids is 1. The van der Waals surface area contributed by atoms with Crippen molar-refractivity contribution in [3.63, 3.8) is 0 Å². The molecule has 2 amide bonds. The number of aromatic nitrogens is 6. The zero-order valence-electron chi connectivity index (χ0n) is 26.6. The van der Waals surface area contributed by atoms with E-state index in [-0.39, 0.29) is 51.8 Å². The van der Waals surface area contributed by atoms with Gasteiger partial charge in [-0.05, 0) is 37.3 Å². The van der Waals surface area contributed by atoms with Crippen molar-refractivity contribution in [1.82, 2.24) is 30.5 Å². The minimum Gasteiger partial charge on any atom is -0.504 e. The highest BCUT2D eigenvalue weighted by atomic mass is 35.5. The minimum atomic E-state index is -1.75. The zero-order chi connectivity index (χ0) is 36.6. The molecule has 4 aromatic rings. The molecule has 0 unspecified atom stereocenters. The van der Waals surface area contributed by atoms with E-state index in [9.17, 15) is 34.5 Å². The summed E-state index contributed by atoms with van der Waals surface area (Å²) in [6, 6.07) is 5.78. The van der Waals surface area contributed by atoms with E-state index >= 15 is 0 Å². The summed E-state index contributed by atoms with van der Waals surface area (Å²) in [5, 5.41) is 50.8. The molecule has 2 aliphatic rings. The fourth-order valence-corrected chi connectivity index (χ4v) is 7.38. The van der Waals surface area contributed by atoms with Gasteiger partial charge in [0.15, 0.2) is 47.1 Å². The van der Waals surface area contributed by atoms with Crippen molar-refractivity contribution < 1.29 is 43.9 Å². The van der Waals surface area contributed by atoms with Gasteiger partial charge in [-0.2, -0.15) is 9.78 Å². The van der Waals surface area contributed by atoms with Crippen LogP contribution in [0.3, 0.4) is 0 Å². The van der Waals surface area contributed by atoms with Crippen LogP contribution < -0.4 is 15.6 Å². The van der Waals surface area contributed by atoms with Crippen molar-refractivity contribution in [3.8, 4) is 11.5 Å². The van der Waals surface area contributed by atoms with Crippen LogP contribution in [0.4, 0.5) is 10.8 Å². The molecule has 5 heterocycles. The van der Waals surface area contributed by atoms with Crippen LogP contribution in [0, 0.1) is 5.92 Å². The predicted octanol–water partition coefficient (Wildman–Crippen LogP) is 2.03. The number of phenols is 2. The SMILES string of the molecule is CC(C)(O/N=C(\C(=O)C[C@@H]1C(=O)N2C(c3nn[nH]n3)=C(C[n+]3cccc(NC(=O)c4ccc(O)c(O)c4Cl)c3)CS[C@H]12)c1csc(N)n1)C(=O)O. The number of aliphatic carboxylic acids is 1. The first-order valence-electron chi connectivity index (χ1n) is 14.9. The van der Waals surface area contributed by atoms with E-state index in [1.807, 2.05) is 0 Å². The van der Waals surface area contributed by atoms with Gasteiger partial charge in [0.25, 0.3) is 5.91 Å². The molecule has 21 heteroatoms. The Kier molecular flexibility index (Phi) is 9.64. The Morgan fingerprint density at radius 3 is 2.75 bits per heavy atom. The third-order valence-electron chi connectivity index (χ3n) is 7.86. The summed E-state index contributed by atoms with van der Waals surface area (Å²) in [4.78, 5) is 62.7. The summed E-state index contributed by atoms with van der Waals surface area (Å²) in [7, 11) is 0. The highest BCUT2D eigenvalue weighted by molar-refractivity contribution is 8.00. The average Bonchev–Trinajstić information content (AvgIpc) is 3.78. The lowest BCUT2D eigenvalue weighted by Gasteiger charge is -2.49. The van der Waals surface area contributed by atoms with Crippen molar-refractivity contribution >= 4 is 80.5 Å². The first-order valence-corrected chi connectivity index (χ1v) is 17.2. The number of aromatic hydroxyl groups is 2. The van der Waals surface area contributed by atoms with Gasteiger partial charge in [-0.1, -0.05) is 16.8 Å². The summed E-state index contributed by atoms with van der Waals surface area (Å²) in [5.41, 5.74) is 5.37. The second kappa shape index (κ2) is 14.0. The number of tetrazole rings is 1. The number of phenolic OH excluding ortho intramolecular Hbond substituents is 2. The van der Waals surface area contributed by atoms with E-state index < -0.39 is 46.1 Å². The number of nitrogens with two attached hydrogens (primary N) is 1. The number of nitrogens with zero attached hydrogens (tertiary/aromatic N) is 7. The van der Waals surface area contributed by atoms with Gasteiger partial charge in [0.2, 0.25) is 17.3 Å². The molecule has 0 aliphatic carbocycles. The number of thiazole rings is 1. The number of β-lactam (4-membered cyclic amide) rings is 1. The van der Waals surface area contributed by atoms with Crippen LogP contribution in [0.25, 0.3) is 5.70 Å². The van der Waals surface area contributed by atoms with Crippen molar-refractivity contribution in [2.24, 2.45) is 11.1 Å². The Labute approximate surface area is 301 Å². The maximum atomic E-state index is 13.7. The molecule has 264 valence electrons. The van der Waals surface area contributed by atoms with Crippen molar-refractivity contribution in [2.75, 3.05) is 16.8 Å². The number of pyridine rings is 1. The first-order chi connectivity index (χ1) is 24.2. The van der Waals surface area contributed by atoms with Gasteiger partial charge < -0.3 is 31.2 Å². The lowest BCUT2D eigenvalue weighted by Crippen LogP contribution is -2.61. The predicted molar refractivity (Wildman–Crippen MR) is 183 cm³/mol. The lowest BCUT2D eigenvalue weighted by molar-refractivity contribution is -0.688. The van der Waals surface area contributed by atoms with Crippen molar-refractivity contribution in [2.45, 2.75) is 37.8 Å². The summed E-state index contributed by atoms with van der Waals surface area (Å²) in [6.07, 6.45) is 3.14. The highest BCUT2D eigenvalue weighted by Crippen LogP contribution is 2.47. The molecule has 2 aliphatic heterocycles. The Morgan fingerprint density at radius 2 is 2.06 bits per heavy atom. The number of carboxylic acid groups (broad SMARTS) is 1. The number of nitrogens with one attached hydrogen (secondary N) is 2. The number of H-pyrrole nitrogens is 1. The van der Waals surface area contributed by atoms with E-state index in [1.54, 1.807) is 29.1 Å². The summed E-state index contributed by atoms with van der Waals surface area (Å²) in [5.74, 6) is -4.14. The molecule has 1 aromatic carbocycles. The molecule has 0 saturated carbocycles. The second-order valence-corrected chi connectivity index (χ2v) is 14.1. The number of hydrogen-bond acceptors (Lipinski definition) is 15. The molecule has 6 rings (SSSR count). The molecular formula is C30H28ClN10O8S2+. The minimum absolute atomic E-state index is 0.0470. The monoisotopic (exact) mass is 755 g/mol. The molecule has 18 nitrogen and oxygen atoms in total. The van der Waals surface area contributed by atoms with Crippen LogP contribution in [0.15, 0.2) is 52.8 Å². The number of carbonyl (C=O) groups excluding carboxylic acids is 3. The maximum Gasteiger partial charge on any atom is 0.350 e. The molecule has 1 fully saturated rings. The van der Waals surface area contributed by atoms with Crippen LogP contribution in [0.1, 0.15) is 42.1 Å². The largest absolute Gasteiger partial charge is 0.504 e. The number of amides is 2. The highest BCUT2D eigenvalue weighted by Gasteiger charge is 2.54. The standard InChI is InChI=1S/C30H27ClN10O8S2/c1-30(2,28(47)48)49-37-21(17-12-51-29(32)34-17)19(43)8-16-26(46)41-22(24-35-38-39-36-24)13(11-50-27(16)41)9-40-7-3-4-14(10-40)33-25(45)15-5-6-18(42)23(44)20(15)31/h3-7,10,12,16,27H,8-9,11H2,1-2H3,(H6-,32,33,34,35,36,37,38,39,42,43,44,45,47,48)/p+1/t16-,27-/m1/s1. The number of carbonyl (C=O) groups is 4. The summed E-state index contributed by atoms with van der Waals surface area (Å²) < 4.78 is 1.77. The summed E-state index contributed by atoms with van der Waals surface area (Å²) in [6.45, 7) is 2.80. The van der Waals surface area contributed by atoms with Gasteiger partial charge >= 0.3 is 5.97 Å². The molecule has 3 aromatic heterocycles. The third kappa shape index (κ3) is 7.05. The fraction of sp³-hybridized carbons (Fsp3) is 0.267. The molecule has 0 radical (unpaired) electrons. The number of anilines is 2. The van der Waals surface area contributed by atoms with Crippen LogP contribution in [0.2, 0.25) is 5.02 Å². The molecule has 0 bridgehead atoms. The maximum absolute atomic E-state index is 13.7. The molecule has 1 saturated heterocycles. The number of Topliss-reactive ketones (excluding diaryl/α,β-unsaturated/α-hetero) is 1. The van der Waals surface area contributed by atoms with Gasteiger partial charge in [-0.25, -0.2) is 9.78 Å². The van der Waals surface area contributed by atoms with Crippen molar-refractivity contribution in [3.05, 3.63) is 69.7 Å². The number of aromatic amines is 1. The zero-order valence-corrected chi connectivity index (χ0v) is 29.0. The van der Waals surface area contributed by atoms with Gasteiger partial charge in [0.05, 0.1) is 27.6 Å². The Morgan fingerprint density at radius 1 is 1.27 bits per heavy atom. The van der Waals surface area contributed by atoms with Crippen LogP contribution in [-0.2, 0) is 25.8 Å². The van der Waals surface area contributed by atoms with Gasteiger partial charge in [0.1, 0.15) is 11.4 Å². The van der Waals surface area contributed by atoms with Crippen molar-refractivity contribution in [1.29, 1.82) is 0 Å². The van der Waals surface area contributed by atoms with E-state index in [1.165, 1.54) is 42.0 Å². The number of thioether (sulfide) groups is 1. The van der Waals surface area contributed by atoms with E-state index in [2.05, 4.69) is 36.1 Å². The smallest absolute Gasteiger partial charge is 0.350 e. The van der Waals surface area contributed by atoms with E-state index in [0.29, 0.717) is 17.1 Å².